The fourth-order valence-corrected chi connectivity index (χ4v) is 3.84. The maximum atomic E-state index is 10.8. The number of rotatable bonds is 9. The van der Waals surface area contributed by atoms with Crippen molar-refractivity contribution in [2.75, 3.05) is 6.61 Å². The van der Waals surface area contributed by atoms with Crippen LogP contribution in [0.2, 0.25) is 0 Å². The molecule has 1 N–H and O–H groups in total. The van der Waals surface area contributed by atoms with Crippen LogP contribution in [0.15, 0.2) is 65.1 Å². The molecule has 174 valence electrons. The summed E-state index contributed by atoms with van der Waals surface area (Å²) < 4.78 is 11.9. The summed E-state index contributed by atoms with van der Waals surface area (Å²) in [5.74, 6) is 1.33. The minimum atomic E-state index is -0.791. The molecule has 0 aliphatic rings. The van der Waals surface area contributed by atoms with Crippen LogP contribution in [-0.2, 0) is 17.6 Å². The Labute approximate surface area is 199 Å². The minimum absolute atomic E-state index is 0.124. The number of carboxylic acid groups (broad SMARTS) is 1. The normalized spacial score (nSPS) is 10.9. The van der Waals surface area contributed by atoms with E-state index in [-0.39, 0.29) is 6.42 Å². The molecular weight excluding hydrogens is 428 g/mol. The van der Waals surface area contributed by atoms with Gasteiger partial charge in [0.25, 0.3) is 0 Å². The Morgan fingerprint density at radius 3 is 2.50 bits per heavy atom. The fraction of sp³-hybridized carbons (Fsp3) is 0.250. The number of ether oxygens (including phenoxy) is 1. The molecule has 0 saturated carbocycles. The first-order valence-corrected chi connectivity index (χ1v) is 11.3. The van der Waals surface area contributed by atoms with Gasteiger partial charge in [-0.2, -0.15) is 0 Å². The molecular formula is C28H28N2O4. The maximum Gasteiger partial charge on any atom is 0.303 e. The van der Waals surface area contributed by atoms with E-state index < -0.39 is 5.97 Å². The van der Waals surface area contributed by atoms with Crippen molar-refractivity contribution in [2.24, 2.45) is 0 Å². The molecule has 34 heavy (non-hydrogen) atoms. The lowest BCUT2D eigenvalue weighted by atomic mass is 10.0. The van der Waals surface area contributed by atoms with Gasteiger partial charge in [-0.1, -0.05) is 24.3 Å². The van der Waals surface area contributed by atoms with E-state index >= 15 is 0 Å². The van der Waals surface area contributed by atoms with Gasteiger partial charge >= 0.3 is 5.97 Å². The Bertz CT molecular complexity index is 1310. The number of pyridine rings is 1. The summed E-state index contributed by atoms with van der Waals surface area (Å²) in [5.41, 5.74) is 6.73. The van der Waals surface area contributed by atoms with E-state index in [0.29, 0.717) is 25.3 Å². The molecule has 2 aromatic heterocycles. The van der Waals surface area contributed by atoms with E-state index in [2.05, 4.69) is 4.98 Å². The van der Waals surface area contributed by atoms with E-state index in [9.17, 15) is 4.79 Å². The first kappa shape index (κ1) is 23.2. The number of aryl methyl sites for hydroxylation is 4. The highest BCUT2D eigenvalue weighted by atomic mass is 16.5. The third-order valence-electron chi connectivity index (χ3n) is 5.72. The molecule has 2 heterocycles. The fourth-order valence-electron chi connectivity index (χ4n) is 3.84. The number of carbonyl (C=O) groups is 1. The van der Waals surface area contributed by atoms with E-state index in [0.717, 1.165) is 50.8 Å². The molecule has 0 aliphatic heterocycles. The average molecular weight is 457 g/mol. The Morgan fingerprint density at radius 1 is 0.941 bits per heavy atom. The van der Waals surface area contributed by atoms with E-state index in [1.165, 1.54) is 0 Å². The largest absolute Gasteiger partial charge is 0.493 e. The lowest BCUT2D eigenvalue weighted by molar-refractivity contribution is -0.136. The Hall–Kier alpha value is -3.93. The zero-order valence-corrected chi connectivity index (χ0v) is 19.7. The number of carboxylic acids is 1. The molecule has 0 bridgehead atoms. The summed E-state index contributed by atoms with van der Waals surface area (Å²) in [6.07, 6.45) is 1.26. The molecule has 6 nitrogen and oxygen atoms in total. The van der Waals surface area contributed by atoms with Crippen LogP contribution in [0.25, 0.3) is 22.7 Å². The van der Waals surface area contributed by atoms with E-state index in [1.807, 2.05) is 81.4 Å². The summed E-state index contributed by atoms with van der Waals surface area (Å²) in [4.78, 5) is 20.1. The maximum absolute atomic E-state index is 10.8. The quantitative estimate of drug-likeness (QED) is 0.334. The van der Waals surface area contributed by atoms with Gasteiger partial charge in [-0.15, -0.1) is 0 Å². The van der Waals surface area contributed by atoms with Gasteiger partial charge in [0, 0.05) is 29.7 Å². The van der Waals surface area contributed by atoms with Crippen LogP contribution in [0.5, 0.6) is 5.75 Å². The van der Waals surface area contributed by atoms with Crippen LogP contribution < -0.4 is 4.74 Å². The lowest BCUT2D eigenvalue weighted by Gasteiger charge is -2.09. The highest BCUT2D eigenvalue weighted by Crippen LogP contribution is 2.27. The molecule has 6 heteroatoms. The SMILES string of the molecule is Cc1cccc(-c2cccc(-c3nc(CCOc4ccc(CCC(=O)O)c(C)c4)c(C)o3)c2)n1. The summed E-state index contributed by atoms with van der Waals surface area (Å²) >= 11 is 0. The zero-order valence-electron chi connectivity index (χ0n) is 19.7. The highest BCUT2D eigenvalue weighted by Gasteiger charge is 2.13. The molecule has 0 fully saturated rings. The van der Waals surface area contributed by atoms with Crippen molar-refractivity contribution >= 4 is 5.97 Å². The average Bonchev–Trinajstić information content (AvgIpc) is 3.19. The van der Waals surface area contributed by atoms with Gasteiger partial charge in [0.05, 0.1) is 18.0 Å². The topological polar surface area (TPSA) is 85.5 Å². The number of oxazole rings is 1. The highest BCUT2D eigenvalue weighted by molar-refractivity contribution is 5.68. The third kappa shape index (κ3) is 5.70. The van der Waals surface area contributed by atoms with Gasteiger partial charge < -0.3 is 14.3 Å². The van der Waals surface area contributed by atoms with Crippen molar-refractivity contribution in [2.45, 2.75) is 40.0 Å². The summed E-state index contributed by atoms with van der Waals surface area (Å²) in [5, 5.41) is 8.88. The second kappa shape index (κ2) is 10.3. The molecule has 0 radical (unpaired) electrons. The second-order valence-corrected chi connectivity index (χ2v) is 8.35. The number of hydrogen-bond donors (Lipinski definition) is 1. The monoisotopic (exact) mass is 456 g/mol. The van der Waals surface area contributed by atoms with Gasteiger partial charge in [0.1, 0.15) is 11.5 Å². The molecule has 2 aromatic carbocycles. The van der Waals surface area contributed by atoms with Gasteiger partial charge in [0.15, 0.2) is 0 Å². The van der Waals surface area contributed by atoms with Crippen molar-refractivity contribution in [3.05, 3.63) is 88.9 Å². The molecule has 0 saturated heterocycles. The summed E-state index contributed by atoms with van der Waals surface area (Å²) in [7, 11) is 0. The minimum Gasteiger partial charge on any atom is -0.493 e. The molecule has 0 spiro atoms. The van der Waals surface area contributed by atoms with Crippen molar-refractivity contribution in [1.82, 2.24) is 9.97 Å². The summed E-state index contributed by atoms with van der Waals surface area (Å²) in [6, 6.07) is 19.8. The molecule has 4 aromatic rings. The first-order chi connectivity index (χ1) is 16.4. The van der Waals surface area contributed by atoms with Crippen LogP contribution in [-0.4, -0.2) is 27.7 Å². The van der Waals surface area contributed by atoms with Gasteiger partial charge in [-0.05, 0) is 74.7 Å². The van der Waals surface area contributed by atoms with Crippen molar-refractivity contribution in [3.8, 4) is 28.5 Å². The second-order valence-electron chi connectivity index (χ2n) is 8.35. The van der Waals surface area contributed by atoms with Crippen LogP contribution in [0, 0.1) is 20.8 Å². The number of aromatic nitrogens is 2. The number of nitrogens with zero attached hydrogens (tertiary/aromatic N) is 2. The van der Waals surface area contributed by atoms with Crippen molar-refractivity contribution in [3.63, 3.8) is 0 Å². The predicted octanol–water partition coefficient (Wildman–Crippen LogP) is 5.97. The van der Waals surface area contributed by atoms with Gasteiger partial charge in [-0.3, -0.25) is 9.78 Å². The van der Waals surface area contributed by atoms with Gasteiger partial charge in [0.2, 0.25) is 5.89 Å². The van der Waals surface area contributed by atoms with Crippen molar-refractivity contribution < 1.29 is 19.1 Å². The predicted molar refractivity (Wildman–Crippen MR) is 131 cm³/mol. The smallest absolute Gasteiger partial charge is 0.303 e. The third-order valence-corrected chi connectivity index (χ3v) is 5.72. The molecule has 0 aliphatic carbocycles. The van der Waals surface area contributed by atoms with Crippen LogP contribution in [0.1, 0.15) is 34.7 Å². The zero-order chi connectivity index (χ0) is 24.1. The number of hydrogen-bond acceptors (Lipinski definition) is 5. The Kier molecular flexibility index (Phi) is 7.07. The van der Waals surface area contributed by atoms with Crippen LogP contribution in [0.4, 0.5) is 0 Å². The Morgan fingerprint density at radius 2 is 1.74 bits per heavy atom. The lowest BCUT2D eigenvalue weighted by Crippen LogP contribution is -2.04. The Balaban J connectivity index is 1.41. The van der Waals surface area contributed by atoms with Crippen LogP contribution in [0.3, 0.4) is 0 Å². The number of benzene rings is 2. The van der Waals surface area contributed by atoms with Crippen LogP contribution >= 0.6 is 0 Å². The van der Waals surface area contributed by atoms with Crippen molar-refractivity contribution in [1.29, 1.82) is 0 Å². The standard InChI is InChI=1S/C28H28N2O4/c1-18-16-24(12-10-21(18)11-13-27(31)32)33-15-14-25-20(3)34-28(30-25)23-8-5-7-22(17-23)26-9-4-6-19(2)29-26/h4-10,12,16-17H,11,13-15H2,1-3H3,(H,31,32). The first-order valence-electron chi connectivity index (χ1n) is 11.3. The molecule has 0 amide bonds. The van der Waals surface area contributed by atoms with E-state index in [1.54, 1.807) is 0 Å². The summed E-state index contributed by atoms with van der Waals surface area (Å²) in [6.45, 7) is 6.33. The van der Waals surface area contributed by atoms with E-state index in [4.69, 9.17) is 19.2 Å². The molecule has 0 atom stereocenters. The van der Waals surface area contributed by atoms with Gasteiger partial charge in [-0.25, -0.2) is 4.98 Å². The molecule has 0 unspecified atom stereocenters. The number of aliphatic carboxylic acids is 1. The molecule has 4 rings (SSSR count).